The molecule has 15 nitrogen and oxygen atoms in total. The highest BCUT2D eigenvalue weighted by atomic mass is 31.1. The third kappa shape index (κ3) is 8.92. The first-order valence-electron chi connectivity index (χ1n) is 16.3. The lowest BCUT2D eigenvalue weighted by molar-refractivity contribution is -0.152. The van der Waals surface area contributed by atoms with Crippen molar-refractivity contribution in [2.45, 2.75) is 69.0 Å². The van der Waals surface area contributed by atoms with Crippen LogP contribution in [-0.2, 0) is 32.8 Å². The maximum Gasteiger partial charge on any atom is 0.613 e. The Bertz CT molecular complexity index is 1880. The Morgan fingerprint density at radius 1 is 1.00 bits per heavy atom. The largest absolute Gasteiger partial charge is 0.613 e. The molecular weight excluding hydrogens is 679 g/mol. The number of rotatable bonds is 15. The average molecular weight is 718 g/mol. The summed E-state index contributed by atoms with van der Waals surface area (Å²) in [6.45, 7) is 0.698. The average Bonchev–Trinajstić information content (AvgIpc) is 3.60. The van der Waals surface area contributed by atoms with Crippen LogP contribution in [0.5, 0.6) is 0 Å². The van der Waals surface area contributed by atoms with Gasteiger partial charge in [0.05, 0.1) is 16.8 Å². The van der Waals surface area contributed by atoms with E-state index in [1.54, 1.807) is 42.5 Å². The van der Waals surface area contributed by atoms with Crippen molar-refractivity contribution in [3.63, 3.8) is 0 Å². The van der Waals surface area contributed by atoms with Crippen LogP contribution in [0.2, 0.25) is 0 Å². The van der Waals surface area contributed by atoms with Gasteiger partial charge >= 0.3 is 26.1 Å². The zero-order valence-electron chi connectivity index (χ0n) is 28.0. The van der Waals surface area contributed by atoms with Crippen LogP contribution in [0.25, 0.3) is 5.52 Å². The molecule has 0 aliphatic heterocycles. The number of nitrogen functional groups attached to an aromatic ring is 1. The molecule has 4 aromatic rings. The number of carbonyl (C=O) groups excluding carboxylic acids is 3. The summed E-state index contributed by atoms with van der Waals surface area (Å²) < 4.78 is 43.4. The Morgan fingerprint density at radius 3 is 2.24 bits per heavy atom. The molecule has 2 aromatic carbocycles. The van der Waals surface area contributed by atoms with Crippen molar-refractivity contribution in [1.29, 1.82) is 5.26 Å². The van der Waals surface area contributed by atoms with Crippen molar-refractivity contribution in [3.05, 3.63) is 95.9 Å². The van der Waals surface area contributed by atoms with E-state index in [9.17, 15) is 24.2 Å². The van der Waals surface area contributed by atoms with Gasteiger partial charge in [-0.1, -0.05) is 47.9 Å². The number of nitrogens with zero attached hydrogens (tertiary/aromatic N) is 4. The summed E-state index contributed by atoms with van der Waals surface area (Å²) in [7, 11) is -1.65. The van der Waals surface area contributed by atoms with Crippen molar-refractivity contribution in [3.8, 4) is 6.07 Å². The number of esters is 3. The van der Waals surface area contributed by atoms with Crippen molar-refractivity contribution in [1.82, 2.24) is 19.7 Å². The van der Waals surface area contributed by atoms with Crippen LogP contribution in [0.4, 0.5) is 5.82 Å². The molecule has 5 atom stereocenters. The lowest BCUT2D eigenvalue weighted by Gasteiger charge is -2.36. The maximum atomic E-state index is 13.7. The number of carbonyl (C=O) groups is 3. The van der Waals surface area contributed by atoms with Crippen molar-refractivity contribution in [2.24, 2.45) is 0 Å². The van der Waals surface area contributed by atoms with Crippen LogP contribution in [0.3, 0.4) is 0 Å². The summed E-state index contributed by atoms with van der Waals surface area (Å²) in [4.78, 5) is 44.0. The van der Waals surface area contributed by atoms with Gasteiger partial charge < -0.3 is 24.7 Å². The highest BCUT2D eigenvalue weighted by molar-refractivity contribution is 7.36. The zero-order chi connectivity index (χ0) is 36.4. The zero-order valence-corrected chi connectivity index (χ0v) is 28.9. The highest BCUT2D eigenvalue weighted by Crippen LogP contribution is 2.37. The molecule has 0 bridgehead atoms. The number of nitriles is 1. The molecule has 1 fully saturated rings. The molecule has 2 unspecified atom stereocenters. The Hall–Kier alpha value is -5.26. The van der Waals surface area contributed by atoms with Crippen LogP contribution >= 0.6 is 8.18 Å². The number of nitrogens with two attached hydrogens (primary N) is 1. The predicted octanol–water partition coefficient (Wildman–Crippen LogP) is 4.87. The molecular formula is C35H38N6O9P+. The first-order valence-corrected chi connectivity index (χ1v) is 17.5. The summed E-state index contributed by atoms with van der Waals surface area (Å²) >= 11 is 0. The van der Waals surface area contributed by atoms with Crippen molar-refractivity contribution in [2.75, 3.05) is 19.5 Å². The fourth-order valence-corrected chi connectivity index (χ4v) is 6.44. The first kappa shape index (κ1) is 37.0. The van der Waals surface area contributed by atoms with Crippen LogP contribution in [0.1, 0.15) is 71.5 Å². The number of fused-ring (bicyclic) bond motifs is 1. The van der Waals surface area contributed by atoms with E-state index < -0.39 is 56.5 Å². The van der Waals surface area contributed by atoms with Gasteiger partial charge in [-0.05, 0) is 73.6 Å². The Kier molecular flexibility index (Phi) is 12.4. The van der Waals surface area contributed by atoms with Gasteiger partial charge in [0.1, 0.15) is 30.1 Å². The molecule has 16 heteroatoms. The van der Waals surface area contributed by atoms with Crippen LogP contribution in [-0.4, -0.2) is 70.1 Å². The van der Waals surface area contributed by atoms with E-state index in [0.717, 1.165) is 39.2 Å². The van der Waals surface area contributed by atoms with E-state index in [1.165, 1.54) is 48.1 Å². The van der Waals surface area contributed by atoms with Gasteiger partial charge in [0, 0.05) is 7.11 Å². The smallest absolute Gasteiger partial charge is 0.461 e. The number of hydrogen-bond acceptors (Lipinski definition) is 13. The number of anilines is 1. The molecule has 0 radical (unpaired) electrons. The van der Waals surface area contributed by atoms with E-state index in [1.807, 2.05) is 6.07 Å². The second kappa shape index (κ2) is 17.1. The Balaban J connectivity index is 1.49. The second-order valence-electron chi connectivity index (χ2n) is 11.9. The number of aromatic nitrogens is 3. The predicted molar refractivity (Wildman–Crippen MR) is 182 cm³/mol. The second-order valence-corrected chi connectivity index (χ2v) is 12.9. The molecule has 51 heavy (non-hydrogen) atoms. The van der Waals surface area contributed by atoms with Crippen molar-refractivity contribution >= 4 is 37.4 Å². The normalized spacial score (nSPS) is 16.5. The van der Waals surface area contributed by atoms with Gasteiger partial charge in [-0.25, -0.2) is 19.1 Å². The molecule has 1 aliphatic carbocycles. The van der Waals surface area contributed by atoms with E-state index >= 15 is 0 Å². The van der Waals surface area contributed by atoms with Crippen LogP contribution < -0.4 is 10.8 Å². The van der Waals surface area contributed by atoms with Crippen LogP contribution in [0.15, 0.2) is 79.1 Å². The van der Waals surface area contributed by atoms with E-state index in [2.05, 4.69) is 15.2 Å². The fraction of sp³-hybridized carbons (Fsp3) is 0.371. The minimum atomic E-state index is -2.81. The third-order valence-corrected chi connectivity index (χ3v) is 9.42. The minimum absolute atomic E-state index is 0.100. The molecule has 2 heterocycles. The number of benzene rings is 2. The molecule has 0 spiro atoms. The molecule has 0 amide bonds. The molecule has 2 aromatic heterocycles. The summed E-state index contributed by atoms with van der Waals surface area (Å²) in [5.41, 5.74) is 4.56. The SMILES string of the molecule is COC(C#N)(CO[P+](=O)N[C@@H](C)C(=O)OC1CCCCC1)[C@@H](OC(=O)c1ccccc1)[C@@H](OC(=O)c1ccccc1)c1ccc2c(N)ncnn12. The lowest BCUT2D eigenvalue weighted by atomic mass is 9.92. The van der Waals surface area contributed by atoms with E-state index in [4.69, 9.17) is 29.2 Å². The van der Waals surface area contributed by atoms with Gasteiger partial charge in [-0.3, -0.25) is 4.79 Å². The maximum absolute atomic E-state index is 13.7. The summed E-state index contributed by atoms with van der Waals surface area (Å²) in [5, 5.41) is 17.5. The van der Waals surface area contributed by atoms with Crippen LogP contribution in [0, 0.1) is 11.3 Å². The standard InChI is InChI=1S/C35H38N6O9P/c1-23(32(42)48-26-16-10-5-11-17-26)40-51(45)47-21-35(20-36,46-2)30(50-34(44)25-14-8-4-9-15-25)29(49-33(43)24-12-6-3-7-13-24)27-18-19-28-31(37)38-22-39-41(27)28/h3-4,6-9,12-15,18-19,22-23,26,29-30H,5,10-11,16-17,21H2,1-2H3,(H,40,45)(H2,37,38,39)/q+1/t23-,29-,30-,35?/m0/s1. The molecule has 1 saturated carbocycles. The number of ether oxygens (including phenoxy) is 4. The molecule has 5 rings (SSSR count). The Morgan fingerprint density at radius 2 is 1.63 bits per heavy atom. The summed E-state index contributed by atoms with van der Waals surface area (Å²) in [6, 6.07) is 20.0. The summed E-state index contributed by atoms with van der Waals surface area (Å²) in [5.74, 6) is -2.23. The molecule has 1 aliphatic rings. The minimum Gasteiger partial charge on any atom is -0.461 e. The molecule has 3 N–H and O–H groups in total. The van der Waals surface area contributed by atoms with Gasteiger partial charge in [0.25, 0.3) is 0 Å². The quantitative estimate of drug-likeness (QED) is 0.0956. The van der Waals surface area contributed by atoms with Gasteiger partial charge in [0.15, 0.2) is 24.6 Å². The van der Waals surface area contributed by atoms with Gasteiger partial charge in [-0.2, -0.15) is 10.4 Å². The monoisotopic (exact) mass is 717 g/mol. The van der Waals surface area contributed by atoms with Crippen molar-refractivity contribution < 1.29 is 42.4 Å². The Labute approximate surface area is 294 Å². The highest BCUT2D eigenvalue weighted by Gasteiger charge is 2.53. The van der Waals surface area contributed by atoms with Gasteiger partial charge in [-0.15, -0.1) is 4.52 Å². The first-order chi connectivity index (χ1) is 24.7. The topological polar surface area (TPSA) is 206 Å². The molecule has 266 valence electrons. The number of nitrogens with one attached hydrogen (secondary N) is 1. The van der Waals surface area contributed by atoms with E-state index in [-0.39, 0.29) is 28.7 Å². The fourth-order valence-electron chi connectivity index (χ4n) is 5.63. The van der Waals surface area contributed by atoms with E-state index in [0.29, 0.717) is 5.52 Å². The third-order valence-electron chi connectivity index (χ3n) is 8.46. The summed E-state index contributed by atoms with van der Waals surface area (Å²) in [6.07, 6.45) is 2.11. The molecule has 0 saturated heterocycles. The van der Waals surface area contributed by atoms with Gasteiger partial charge in [0.2, 0.25) is 5.60 Å². The lowest BCUT2D eigenvalue weighted by Crippen LogP contribution is -2.53. The number of methoxy groups -OCH3 is 1. The number of hydrogen-bond donors (Lipinski definition) is 2.